The fourth-order valence-corrected chi connectivity index (χ4v) is 4.19. The number of aromatic nitrogens is 1. The minimum atomic E-state index is -0.505. The topological polar surface area (TPSA) is 36.4 Å². The van der Waals surface area contributed by atoms with Crippen molar-refractivity contribution in [1.29, 1.82) is 0 Å². The molecule has 29 heavy (non-hydrogen) atoms. The van der Waals surface area contributed by atoms with Crippen molar-refractivity contribution in [3.05, 3.63) is 59.4 Å². The van der Waals surface area contributed by atoms with Gasteiger partial charge in [0, 0.05) is 13.1 Å². The van der Waals surface area contributed by atoms with Crippen LogP contribution in [0.2, 0.25) is 0 Å². The summed E-state index contributed by atoms with van der Waals surface area (Å²) in [4.78, 5) is 21.7. The highest BCUT2D eigenvalue weighted by molar-refractivity contribution is 7.22. The number of anilines is 1. The third-order valence-corrected chi connectivity index (χ3v) is 6.01. The Balaban J connectivity index is 0.00000300. The molecule has 0 radical (unpaired) electrons. The number of fused-ring (bicyclic) bond motifs is 1. The van der Waals surface area contributed by atoms with Crippen LogP contribution in [0.4, 0.5) is 9.52 Å². The van der Waals surface area contributed by atoms with Crippen LogP contribution in [0.1, 0.15) is 36.7 Å². The van der Waals surface area contributed by atoms with E-state index in [1.54, 1.807) is 17.0 Å². The lowest BCUT2D eigenvalue weighted by Gasteiger charge is -2.24. The molecule has 0 saturated heterocycles. The third kappa shape index (κ3) is 5.32. The fourth-order valence-electron chi connectivity index (χ4n) is 3.14. The van der Waals surface area contributed by atoms with E-state index in [-0.39, 0.29) is 23.9 Å². The quantitative estimate of drug-likeness (QED) is 0.474. The van der Waals surface area contributed by atoms with Gasteiger partial charge in [0.15, 0.2) is 5.13 Å². The second-order valence-electron chi connectivity index (χ2n) is 6.62. The number of likely N-dealkylation sites (N-methyl/N-ethyl adjacent to an activating group) is 1. The van der Waals surface area contributed by atoms with E-state index < -0.39 is 5.82 Å². The Labute approximate surface area is 181 Å². The zero-order valence-corrected chi connectivity index (χ0v) is 18.7. The SMILES string of the molecule is CCc1ccc2nc(N(CCN(CC)CC)C(=O)c3ccccc3F)sc2c1.Cl. The van der Waals surface area contributed by atoms with Gasteiger partial charge in [0.1, 0.15) is 5.82 Å². The van der Waals surface area contributed by atoms with Crippen molar-refractivity contribution in [3.63, 3.8) is 0 Å². The summed E-state index contributed by atoms with van der Waals surface area (Å²) >= 11 is 1.48. The summed E-state index contributed by atoms with van der Waals surface area (Å²) in [6.45, 7) is 9.28. The summed E-state index contributed by atoms with van der Waals surface area (Å²) in [5, 5.41) is 0.615. The molecule has 1 heterocycles. The molecule has 156 valence electrons. The molecule has 0 saturated carbocycles. The van der Waals surface area contributed by atoms with Crippen LogP contribution < -0.4 is 4.90 Å². The minimum Gasteiger partial charge on any atom is -0.302 e. The van der Waals surface area contributed by atoms with Gasteiger partial charge in [-0.15, -0.1) is 12.4 Å². The molecule has 0 aliphatic carbocycles. The van der Waals surface area contributed by atoms with Crippen LogP contribution >= 0.6 is 23.7 Å². The van der Waals surface area contributed by atoms with Crippen LogP contribution in [0, 0.1) is 5.82 Å². The van der Waals surface area contributed by atoms with Crippen molar-refractivity contribution in [2.75, 3.05) is 31.1 Å². The van der Waals surface area contributed by atoms with Gasteiger partial charge in [-0.2, -0.15) is 0 Å². The van der Waals surface area contributed by atoms with Crippen LogP contribution in [0.3, 0.4) is 0 Å². The molecule has 3 aromatic rings. The average Bonchev–Trinajstić information content (AvgIpc) is 3.14. The van der Waals surface area contributed by atoms with Crippen molar-refractivity contribution in [1.82, 2.24) is 9.88 Å². The molecule has 4 nitrogen and oxygen atoms in total. The van der Waals surface area contributed by atoms with Crippen molar-refractivity contribution >= 4 is 45.0 Å². The zero-order valence-electron chi connectivity index (χ0n) is 17.0. The van der Waals surface area contributed by atoms with Gasteiger partial charge in [-0.25, -0.2) is 9.37 Å². The molecule has 2 aromatic carbocycles. The van der Waals surface area contributed by atoms with Gasteiger partial charge in [-0.1, -0.05) is 50.3 Å². The number of hydrogen-bond acceptors (Lipinski definition) is 4. The van der Waals surface area contributed by atoms with Gasteiger partial charge in [0.25, 0.3) is 5.91 Å². The summed E-state index contributed by atoms with van der Waals surface area (Å²) in [5.41, 5.74) is 2.18. The van der Waals surface area contributed by atoms with Crippen molar-refractivity contribution in [3.8, 4) is 0 Å². The molecule has 3 rings (SSSR count). The lowest BCUT2D eigenvalue weighted by Crippen LogP contribution is -2.39. The Kier molecular flexibility index (Phi) is 8.56. The smallest absolute Gasteiger partial charge is 0.263 e. The normalized spacial score (nSPS) is 10.9. The van der Waals surface area contributed by atoms with Crippen LogP contribution in [-0.2, 0) is 6.42 Å². The maximum absolute atomic E-state index is 14.3. The van der Waals surface area contributed by atoms with E-state index in [9.17, 15) is 9.18 Å². The van der Waals surface area contributed by atoms with E-state index in [0.717, 1.165) is 29.7 Å². The van der Waals surface area contributed by atoms with E-state index in [4.69, 9.17) is 0 Å². The molecule has 7 heteroatoms. The predicted octanol–water partition coefficient (Wildman–Crippen LogP) is 5.41. The molecule has 0 fully saturated rings. The highest BCUT2D eigenvalue weighted by Crippen LogP contribution is 2.31. The molecule has 0 unspecified atom stereocenters. The molecule has 0 aliphatic rings. The number of benzene rings is 2. The van der Waals surface area contributed by atoms with Gasteiger partial charge >= 0.3 is 0 Å². The number of hydrogen-bond donors (Lipinski definition) is 0. The Hall–Kier alpha value is -2.02. The highest BCUT2D eigenvalue weighted by atomic mass is 35.5. The highest BCUT2D eigenvalue weighted by Gasteiger charge is 2.24. The number of amides is 1. The van der Waals surface area contributed by atoms with Gasteiger partial charge in [0.2, 0.25) is 0 Å². The molecule has 0 aliphatic heterocycles. The Morgan fingerprint density at radius 2 is 1.79 bits per heavy atom. The number of aryl methyl sites for hydroxylation is 1. The summed E-state index contributed by atoms with van der Waals surface area (Å²) in [6.07, 6.45) is 0.947. The molecule has 0 bridgehead atoms. The van der Waals surface area contributed by atoms with E-state index in [1.807, 2.05) is 6.07 Å². The molecule has 1 aromatic heterocycles. The van der Waals surface area contributed by atoms with E-state index in [0.29, 0.717) is 18.2 Å². The van der Waals surface area contributed by atoms with Gasteiger partial charge in [-0.3, -0.25) is 9.69 Å². The van der Waals surface area contributed by atoms with E-state index >= 15 is 0 Å². The average molecular weight is 436 g/mol. The summed E-state index contributed by atoms with van der Waals surface area (Å²) < 4.78 is 15.3. The Morgan fingerprint density at radius 3 is 2.45 bits per heavy atom. The van der Waals surface area contributed by atoms with Crippen molar-refractivity contribution in [2.24, 2.45) is 0 Å². The Bertz CT molecular complexity index is 958. The van der Waals surface area contributed by atoms with Crippen LogP contribution in [0.5, 0.6) is 0 Å². The minimum absolute atomic E-state index is 0. The summed E-state index contributed by atoms with van der Waals surface area (Å²) in [6, 6.07) is 12.3. The Morgan fingerprint density at radius 1 is 1.07 bits per heavy atom. The maximum Gasteiger partial charge on any atom is 0.263 e. The molecule has 0 spiro atoms. The largest absolute Gasteiger partial charge is 0.302 e. The fraction of sp³-hybridized carbons (Fsp3) is 0.364. The number of carbonyl (C=O) groups is 1. The molecule has 1 amide bonds. The second kappa shape index (κ2) is 10.7. The van der Waals surface area contributed by atoms with Crippen LogP contribution in [0.25, 0.3) is 10.2 Å². The van der Waals surface area contributed by atoms with Gasteiger partial charge in [0.05, 0.1) is 15.8 Å². The van der Waals surface area contributed by atoms with Gasteiger partial charge < -0.3 is 4.90 Å². The lowest BCUT2D eigenvalue weighted by atomic mass is 10.2. The molecule has 0 atom stereocenters. The molecular formula is C22H27ClFN3OS. The molecular weight excluding hydrogens is 409 g/mol. The van der Waals surface area contributed by atoms with Gasteiger partial charge in [-0.05, 0) is 49.3 Å². The predicted molar refractivity (Wildman–Crippen MR) is 122 cm³/mol. The number of nitrogens with zero attached hydrogens (tertiary/aromatic N) is 3. The number of halogens is 2. The first-order chi connectivity index (χ1) is 13.6. The first-order valence-corrected chi connectivity index (χ1v) is 10.6. The van der Waals surface area contributed by atoms with Crippen molar-refractivity contribution in [2.45, 2.75) is 27.2 Å². The van der Waals surface area contributed by atoms with Crippen LogP contribution in [-0.4, -0.2) is 42.0 Å². The number of carbonyl (C=O) groups excluding carboxylic acids is 1. The standard InChI is InChI=1S/C22H26FN3OS.ClH/c1-4-16-11-12-19-20(15-16)28-22(24-19)26(14-13-25(5-2)6-3)21(27)17-9-7-8-10-18(17)23;/h7-12,15H,4-6,13-14H2,1-3H3;1H. The monoisotopic (exact) mass is 435 g/mol. The maximum atomic E-state index is 14.3. The first-order valence-electron chi connectivity index (χ1n) is 9.75. The zero-order chi connectivity index (χ0) is 20.1. The number of rotatable bonds is 8. The van der Waals surface area contributed by atoms with E-state index in [1.165, 1.54) is 29.0 Å². The van der Waals surface area contributed by atoms with Crippen LogP contribution in [0.15, 0.2) is 42.5 Å². The summed E-state index contributed by atoms with van der Waals surface area (Å²) in [5.74, 6) is -0.852. The number of thiazole rings is 1. The molecule has 0 N–H and O–H groups in total. The second-order valence-corrected chi connectivity index (χ2v) is 7.62. The third-order valence-electron chi connectivity index (χ3n) is 4.96. The van der Waals surface area contributed by atoms with Crippen molar-refractivity contribution < 1.29 is 9.18 Å². The van der Waals surface area contributed by atoms with E-state index in [2.05, 4.69) is 42.8 Å². The summed E-state index contributed by atoms with van der Waals surface area (Å²) in [7, 11) is 0. The lowest BCUT2D eigenvalue weighted by molar-refractivity contribution is 0.0980. The first kappa shape index (κ1) is 23.3.